The first-order valence-corrected chi connectivity index (χ1v) is 5.91. The van der Waals surface area contributed by atoms with Gasteiger partial charge in [-0.15, -0.1) is 0 Å². The van der Waals surface area contributed by atoms with E-state index >= 15 is 0 Å². The van der Waals surface area contributed by atoms with Gasteiger partial charge in [0.2, 0.25) is 0 Å². The first-order chi connectivity index (χ1) is 6.83. The van der Waals surface area contributed by atoms with E-state index in [0.717, 1.165) is 19.6 Å². The number of aliphatic hydroxyl groups is 1. The number of nitrogens with zero attached hydrogens (tertiary/aromatic N) is 1. The maximum atomic E-state index is 10.0. The molecular formula is C11H19NO2. The van der Waals surface area contributed by atoms with Crippen LogP contribution >= 0.6 is 0 Å². The van der Waals surface area contributed by atoms with Crippen LogP contribution in [0.15, 0.2) is 0 Å². The van der Waals surface area contributed by atoms with Gasteiger partial charge in [-0.3, -0.25) is 4.84 Å². The van der Waals surface area contributed by atoms with Crippen LogP contribution in [0.4, 0.5) is 0 Å². The second-order valence-corrected chi connectivity index (χ2v) is 5.02. The Balaban J connectivity index is 1.89. The van der Waals surface area contributed by atoms with Crippen molar-refractivity contribution in [2.24, 2.45) is 5.92 Å². The summed E-state index contributed by atoms with van der Waals surface area (Å²) in [5.74, 6) is 0.386. The first-order valence-electron chi connectivity index (χ1n) is 5.91. The van der Waals surface area contributed by atoms with E-state index in [0.29, 0.717) is 5.92 Å². The van der Waals surface area contributed by atoms with Crippen LogP contribution in [0.1, 0.15) is 38.5 Å². The lowest BCUT2D eigenvalue weighted by molar-refractivity contribution is -0.188. The molecule has 3 fully saturated rings. The van der Waals surface area contributed by atoms with Crippen LogP contribution in [0.5, 0.6) is 0 Å². The number of aliphatic hydroxyl groups excluding tert-OH is 1. The summed E-state index contributed by atoms with van der Waals surface area (Å²) in [4.78, 5) is 5.71. The van der Waals surface area contributed by atoms with Gasteiger partial charge in [0.25, 0.3) is 0 Å². The SMILES string of the molecule is O[C@H]1CCN2OC[C@H]1C21CCCCC1. The van der Waals surface area contributed by atoms with Crippen molar-refractivity contribution in [1.82, 2.24) is 5.06 Å². The van der Waals surface area contributed by atoms with E-state index in [4.69, 9.17) is 4.84 Å². The van der Waals surface area contributed by atoms with Crippen molar-refractivity contribution >= 4 is 0 Å². The van der Waals surface area contributed by atoms with Gasteiger partial charge in [0.1, 0.15) is 0 Å². The Bertz CT molecular complexity index is 225. The minimum Gasteiger partial charge on any atom is -0.393 e. The van der Waals surface area contributed by atoms with Gasteiger partial charge >= 0.3 is 0 Å². The topological polar surface area (TPSA) is 32.7 Å². The van der Waals surface area contributed by atoms with Crippen LogP contribution in [0, 0.1) is 5.92 Å². The van der Waals surface area contributed by atoms with Gasteiger partial charge in [-0.2, -0.15) is 5.06 Å². The Labute approximate surface area is 85.0 Å². The third-order valence-electron chi connectivity index (χ3n) is 4.41. The molecule has 2 bridgehead atoms. The lowest BCUT2D eigenvalue weighted by Gasteiger charge is -2.47. The van der Waals surface area contributed by atoms with Crippen molar-refractivity contribution in [3.8, 4) is 0 Å². The van der Waals surface area contributed by atoms with Crippen molar-refractivity contribution < 1.29 is 9.94 Å². The monoisotopic (exact) mass is 197 g/mol. The van der Waals surface area contributed by atoms with Gasteiger partial charge in [-0.05, 0) is 19.3 Å². The Morgan fingerprint density at radius 3 is 2.79 bits per heavy atom. The fourth-order valence-corrected chi connectivity index (χ4v) is 3.63. The summed E-state index contributed by atoms with van der Waals surface area (Å²) in [6.07, 6.45) is 7.22. The van der Waals surface area contributed by atoms with Gasteiger partial charge in [0.05, 0.1) is 18.2 Å². The zero-order valence-electron chi connectivity index (χ0n) is 8.61. The van der Waals surface area contributed by atoms with Gasteiger partial charge in [0, 0.05) is 12.5 Å². The average molecular weight is 197 g/mol. The van der Waals surface area contributed by atoms with E-state index in [1.165, 1.54) is 32.1 Å². The molecule has 3 heteroatoms. The molecule has 3 atom stereocenters. The average Bonchev–Trinajstić information content (AvgIpc) is 2.42. The zero-order valence-corrected chi connectivity index (χ0v) is 8.61. The van der Waals surface area contributed by atoms with Crippen LogP contribution in [0.25, 0.3) is 0 Å². The molecule has 0 aromatic carbocycles. The van der Waals surface area contributed by atoms with E-state index in [9.17, 15) is 5.11 Å². The van der Waals surface area contributed by atoms with Gasteiger partial charge < -0.3 is 5.11 Å². The Morgan fingerprint density at radius 2 is 2.00 bits per heavy atom. The lowest BCUT2D eigenvalue weighted by Crippen LogP contribution is -2.56. The molecule has 2 heterocycles. The smallest absolute Gasteiger partial charge is 0.0756 e. The van der Waals surface area contributed by atoms with Crippen molar-refractivity contribution in [2.75, 3.05) is 13.2 Å². The van der Waals surface area contributed by atoms with E-state index < -0.39 is 0 Å². The summed E-state index contributed by atoms with van der Waals surface area (Å²) < 4.78 is 0. The molecule has 2 aliphatic heterocycles. The van der Waals surface area contributed by atoms with Crippen molar-refractivity contribution in [2.45, 2.75) is 50.2 Å². The maximum absolute atomic E-state index is 10.0. The van der Waals surface area contributed by atoms with E-state index in [2.05, 4.69) is 5.06 Å². The van der Waals surface area contributed by atoms with Crippen LogP contribution in [0.2, 0.25) is 0 Å². The highest BCUT2D eigenvalue weighted by Crippen LogP contribution is 2.48. The second-order valence-electron chi connectivity index (χ2n) is 5.02. The summed E-state index contributed by atoms with van der Waals surface area (Å²) in [6.45, 7) is 1.68. The predicted octanol–water partition coefficient (Wildman–Crippen LogP) is 1.32. The second kappa shape index (κ2) is 3.19. The van der Waals surface area contributed by atoms with Gasteiger partial charge in [-0.1, -0.05) is 19.3 Å². The standard InChI is InChI=1S/C11H19NO2/c13-10-4-7-12-11(9(10)8-14-12)5-2-1-3-6-11/h9-10,13H,1-8H2/t9-,10+/m1/s1. The minimum atomic E-state index is -0.119. The molecular weight excluding hydrogens is 178 g/mol. The Hall–Kier alpha value is -0.120. The fraction of sp³-hybridized carbons (Fsp3) is 1.00. The Kier molecular flexibility index (Phi) is 2.08. The molecule has 0 aromatic rings. The van der Waals surface area contributed by atoms with Gasteiger partial charge in [0.15, 0.2) is 0 Å². The van der Waals surface area contributed by atoms with Crippen LogP contribution in [-0.4, -0.2) is 35.0 Å². The third kappa shape index (κ3) is 1.09. The van der Waals surface area contributed by atoms with Crippen LogP contribution in [-0.2, 0) is 4.84 Å². The summed E-state index contributed by atoms with van der Waals surface area (Å²) in [5.41, 5.74) is 0.218. The van der Waals surface area contributed by atoms with E-state index in [-0.39, 0.29) is 11.6 Å². The molecule has 0 aromatic heterocycles. The quantitative estimate of drug-likeness (QED) is 0.635. The lowest BCUT2D eigenvalue weighted by atomic mass is 9.69. The molecule has 3 rings (SSSR count). The normalized spacial score (nSPS) is 45.6. The highest BCUT2D eigenvalue weighted by molar-refractivity contribution is 5.04. The molecule has 1 N–H and O–H groups in total. The largest absolute Gasteiger partial charge is 0.393 e. The third-order valence-corrected chi connectivity index (χ3v) is 4.41. The molecule has 3 aliphatic rings. The number of hydrogen-bond donors (Lipinski definition) is 1. The zero-order chi connectivity index (χ0) is 9.60. The number of hydrogen-bond acceptors (Lipinski definition) is 3. The maximum Gasteiger partial charge on any atom is 0.0756 e. The molecule has 0 amide bonds. The molecule has 14 heavy (non-hydrogen) atoms. The highest BCUT2D eigenvalue weighted by atomic mass is 16.7. The minimum absolute atomic E-state index is 0.119. The van der Waals surface area contributed by atoms with Crippen molar-refractivity contribution in [3.63, 3.8) is 0 Å². The molecule has 80 valence electrons. The number of hydroxylamine groups is 2. The fourth-order valence-electron chi connectivity index (χ4n) is 3.63. The summed E-state index contributed by atoms with van der Waals surface area (Å²) in [5, 5.41) is 12.2. The van der Waals surface area contributed by atoms with Crippen LogP contribution < -0.4 is 0 Å². The number of piperidine rings is 1. The summed E-state index contributed by atoms with van der Waals surface area (Å²) in [7, 11) is 0. The number of rotatable bonds is 0. The van der Waals surface area contributed by atoms with Gasteiger partial charge in [-0.25, -0.2) is 0 Å². The van der Waals surface area contributed by atoms with Crippen molar-refractivity contribution in [3.05, 3.63) is 0 Å². The Morgan fingerprint density at radius 1 is 1.21 bits per heavy atom. The van der Waals surface area contributed by atoms with Crippen LogP contribution in [0.3, 0.4) is 0 Å². The molecule has 2 saturated heterocycles. The molecule has 1 spiro atoms. The molecule has 0 radical (unpaired) electrons. The molecule has 1 aliphatic carbocycles. The molecule has 1 saturated carbocycles. The molecule has 1 unspecified atom stereocenters. The van der Waals surface area contributed by atoms with E-state index in [1.807, 2.05) is 0 Å². The summed E-state index contributed by atoms with van der Waals surface area (Å²) >= 11 is 0. The predicted molar refractivity (Wildman–Crippen MR) is 52.6 cm³/mol. The molecule has 3 nitrogen and oxygen atoms in total. The van der Waals surface area contributed by atoms with E-state index in [1.54, 1.807) is 0 Å². The van der Waals surface area contributed by atoms with Crippen molar-refractivity contribution in [1.29, 1.82) is 0 Å². The first kappa shape index (κ1) is 9.13. The summed E-state index contributed by atoms with van der Waals surface area (Å²) in [6, 6.07) is 0. The highest BCUT2D eigenvalue weighted by Gasteiger charge is 2.55.